The Labute approximate surface area is 224 Å². The van der Waals surface area contributed by atoms with Crippen LogP contribution in [0.25, 0.3) is 0 Å². The predicted molar refractivity (Wildman–Crippen MR) is 143 cm³/mol. The highest BCUT2D eigenvalue weighted by Crippen LogP contribution is 2.28. The van der Waals surface area contributed by atoms with Crippen LogP contribution in [0.15, 0.2) is 77.3 Å². The Hall–Kier alpha value is -2.90. The maximum absolute atomic E-state index is 14.6. The molecular weight excluding hydrogens is 547 g/mol. The molecule has 0 saturated carbocycles. The SMILES string of the molecule is CC(C)(C)NC(=O)C(Cc1ccccc1)N(Cc1ccccc1F)C(=O)COc1ccc(Br)cc1Cl. The van der Waals surface area contributed by atoms with Crippen molar-refractivity contribution in [2.75, 3.05) is 6.61 Å². The van der Waals surface area contributed by atoms with Gasteiger partial charge in [0, 0.05) is 28.5 Å². The molecule has 0 saturated heterocycles. The van der Waals surface area contributed by atoms with Crippen molar-refractivity contribution in [1.29, 1.82) is 0 Å². The third-order valence-electron chi connectivity index (χ3n) is 5.31. The molecule has 3 aromatic carbocycles. The molecule has 1 unspecified atom stereocenters. The second-order valence-electron chi connectivity index (χ2n) is 9.42. The van der Waals surface area contributed by atoms with Gasteiger partial charge in [-0.05, 0) is 50.6 Å². The topological polar surface area (TPSA) is 58.6 Å². The summed E-state index contributed by atoms with van der Waals surface area (Å²) in [4.78, 5) is 28.4. The van der Waals surface area contributed by atoms with Crippen LogP contribution in [0.1, 0.15) is 31.9 Å². The lowest BCUT2D eigenvalue weighted by Gasteiger charge is -2.33. The van der Waals surface area contributed by atoms with Crippen LogP contribution in [0.2, 0.25) is 5.02 Å². The van der Waals surface area contributed by atoms with Gasteiger partial charge in [0.25, 0.3) is 5.91 Å². The molecule has 0 aromatic heterocycles. The van der Waals surface area contributed by atoms with Gasteiger partial charge in [-0.1, -0.05) is 76.1 Å². The van der Waals surface area contributed by atoms with Crippen LogP contribution in [0.5, 0.6) is 5.75 Å². The van der Waals surface area contributed by atoms with E-state index in [-0.39, 0.29) is 25.5 Å². The van der Waals surface area contributed by atoms with Gasteiger partial charge < -0.3 is 15.0 Å². The minimum absolute atomic E-state index is 0.0992. The van der Waals surface area contributed by atoms with E-state index < -0.39 is 23.3 Å². The minimum Gasteiger partial charge on any atom is -0.482 e. The van der Waals surface area contributed by atoms with Crippen molar-refractivity contribution in [3.05, 3.63) is 99.2 Å². The molecule has 0 spiro atoms. The zero-order chi connectivity index (χ0) is 26.3. The number of hydrogen-bond acceptors (Lipinski definition) is 3. The molecule has 2 amide bonds. The Balaban J connectivity index is 1.95. The van der Waals surface area contributed by atoms with E-state index in [9.17, 15) is 14.0 Å². The number of nitrogens with one attached hydrogen (secondary N) is 1. The number of rotatable bonds is 9. The molecular formula is C28H29BrClFN2O3. The Morgan fingerprint density at radius 2 is 1.72 bits per heavy atom. The molecule has 0 aliphatic rings. The van der Waals surface area contributed by atoms with E-state index in [4.69, 9.17) is 16.3 Å². The van der Waals surface area contributed by atoms with Crippen LogP contribution in [0.3, 0.4) is 0 Å². The summed E-state index contributed by atoms with van der Waals surface area (Å²) in [5, 5.41) is 3.31. The number of halogens is 3. The van der Waals surface area contributed by atoms with Crippen LogP contribution in [0, 0.1) is 5.82 Å². The third-order valence-corrected chi connectivity index (χ3v) is 6.10. The first-order chi connectivity index (χ1) is 17.0. The first-order valence-corrected chi connectivity index (χ1v) is 12.7. The summed E-state index contributed by atoms with van der Waals surface area (Å²) < 4.78 is 21.1. The molecule has 0 radical (unpaired) electrons. The Morgan fingerprint density at radius 3 is 2.36 bits per heavy atom. The number of carbonyl (C=O) groups is 2. The van der Waals surface area contributed by atoms with E-state index in [0.717, 1.165) is 10.0 Å². The maximum atomic E-state index is 14.6. The van der Waals surface area contributed by atoms with Crippen LogP contribution in [0.4, 0.5) is 4.39 Å². The smallest absolute Gasteiger partial charge is 0.261 e. The van der Waals surface area contributed by atoms with Crippen molar-refractivity contribution < 1.29 is 18.7 Å². The van der Waals surface area contributed by atoms with Gasteiger partial charge in [-0.2, -0.15) is 0 Å². The zero-order valence-corrected chi connectivity index (χ0v) is 22.8. The summed E-state index contributed by atoms with van der Waals surface area (Å²) in [5.74, 6) is -0.931. The van der Waals surface area contributed by atoms with Gasteiger partial charge in [0.15, 0.2) is 6.61 Å². The monoisotopic (exact) mass is 574 g/mol. The van der Waals surface area contributed by atoms with Crippen molar-refractivity contribution >= 4 is 39.3 Å². The lowest BCUT2D eigenvalue weighted by Crippen LogP contribution is -2.55. The van der Waals surface area contributed by atoms with Gasteiger partial charge >= 0.3 is 0 Å². The molecule has 3 rings (SSSR count). The molecule has 0 aliphatic heterocycles. The average molecular weight is 576 g/mol. The lowest BCUT2D eigenvalue weighted by molar-refractivity contribution is -0.143. The highest BCUT2D eigenvalue weighted by atomic mass is 79.9. The molecule has 190 valence electrons. The number of hydrogen-bond donors (Lipinski definition) is 1. The largest absolute Gasteiger partial charge is 0.482 e. The van der Waals surface area contributed by atoms with E-state index in [1.165, 1.54) is 11.0 Å². The summed E-state index contributed by atoms with van der Waals surface area (Å²) in [6.45, 7) is 5.13. The molecule has 0 fully saturated rings. The van der Waals surface area contributed by atoms with Gasteiger partial charge in [-0.15, -0.1) is 0 Å². The molecule has 5 nitrogen and oxygen atoms in total. The van der Waals surface area contributed by atoms with Gasteiger partial charge in [-0.25, -0.2) is 4.39 Å². The molecule has 0 bridgehead atoms. The second kappa shape index (κ2) is 12.4. The van der Waals surface area contributed by atoms with Gasteiger partial charge in [0.05, 0.1) is 5.02 Å². The Bertz CT molecular complexity index is 1200. The number of carbonyl (C=O) groups excluding carboxylic acids is 2. The van der Waals surface area contributed by atoms with E-state index >= 15 is 0 Å². The standard InChI is InChI=1S/C28H29BrClFN2O3/c1-28(2,3)32-27(35)24(15-19-9-5-4-6-10-19)33(17-20-11-7-8-12-23(20)31)26(34)18-36-25-14-13-21(29)16-22(25)30/h4-14,16,24H,15,17-18H2,1-3H3,(H,32,35). The first-order valence-electron chi connectivity index (χ1n) is 11.5. The summed E-state index contributed by atoms with van der Waals surface area (Å²) >= 11 is 9.58. The van der Waals surface area contributed by atoms with E-state index in [1.54, 1.807) is 36.4 Å². The second-order valence-corrected chi connectivity index (χ2v) is 10.7. The first kappa shape index (κ1) is 27.7. The van der Waals surface area contributed by atoms with Crippen LogP contribution in [-0.4, -0.2) is 34.9 Å². The predicted octanol–water partition coefficient (Wildman–Crippen LogP) is 6.18. The van der Waals surface area contributed by atoms with E-state index in [1.807, 2.05) is 51.1 Å². The molecule has 1 N–H and O–H groups in total. The molecule has 0 heterocycles. The highest BCUT2D eigenvalue weighted by Gasteiger charge is 2.33. The van der Waals surface area contributed by atoms with Crippen molar-refractivity contribution in [3.8, 4) is 5.75 Å². The van der Waals surface area contributed by atoms with Gasteiger partial charge in [0.2, 0.25) is 5.91 Å². The quantitative estimate of drug-likeness (QED) is 0.332. The van der Waals surface area contributed by atoms with Crippen LogP contribution < -0.4 is 10.1 Å². The van der Waals surface area contributed by atoms with Crippen LogP contribution >= 0.6 is 27.5 Å². The highest BCUT2D eigenvalue weighted by molar-refractivity contribution is 9.10. The number of nitrogens with zero attached hydrogens (tertiary/aromatic N) is 1. The fourth-order valence-electron chi connectivity index (χ4n) is 3.63. The number of amides is 2. The van der Waals surface area contributed by atoms with Crippen molar-refractivity contribution in [1.82, 2.24) is 10.2 Å². The molecule has 36 heavy (non-hydrogen) atoms. The Morgan fingerprint density at radius 1 is 1.06 bits per heavy atom. The van der Waals surface area contributed by atoms with E-state index in [0.29, 0.717) is 16.3 Å². The Kier molecular flexibility index (Phi) is 9.51. The number of ether oxygens (including phenoxy) is 1. The lowest BCUT2D eigenvalue weighted by atomic mass is 10.0. The summed E-state index contributed by atoms with van der Waals surface area (Å²) in [6.07, 6.45) is 0.252. The van der Waals surface area contributed by atoms with Crippen molar-refractivity contribution in [3.63, 3.8) is 0 Å². The molecule has 1 atom stereocenters. The number of benzene rings is 3. The van der Waals surface area contributed by atoms with E-state index in [2.05, 4.69) is 21.2 Å². The summed E-state index contributed by atoms with van der Waals surface area (Å²) in [5.41, 5.74) is 0.643. The minimum atomic E-state index is -0.900. The van der Waals surface area contributed by atoms with Crippen molar-refractivity contribution in [2.45, 2.75) is 45.3 Å². The van der Waals surface area contributed by atoms with Crippen molar-refractivity contribution in [2.24, 2.45) is 0 Å². The van der Waals surface area contributed by atoms with Gasteiger partial charge in [-0.3, -0.25) is 9.59 Å². The fourth-order valence-corrected chi connectivity index (χ4v) is 4.36. The normalized spacial score (nSPS) is 12.1. The fraction of sp³-hybridized carbons (Fsp3) is 0.286. The third kappa shape index (κ3) is 8.07. The average Bonchev–Trinajstić information content (AvgIpc) is 2.81. The zero-order valence-electron chi connectivity index (χ0n) is 20.4. The summed E-state index contributed by atoms with van der Waals surface area (Å²) in [6, 6.07) is 19.8. The molecule has 3 aromatic rings. The molecule has 0 aliphatic carbocycles. The van der Waals surface area contributed by atoms with Gasteiger partial charge in [0.1, 0.15) is 17.6 Å². The summed E-state index contributed by atoms with van der Waals surface area (Å²) in [7, 11) is 0. The molecule has 8 heteroatoms. The van der Waals surface area contributed by atoms with Crippen LogP contribution in [-0.2, 0) is 22.6 Å². The maximum Gasteiger partial charge on any atom is 0.261 e.